The van der Waals surface area contributed by atoms with Crippen LogP contribution in [-0.2, 0) is 0 Å². The van der Waals surface area contributed by atoms with Crippen molar-refractivity contribution in [1.29, 1.82) is 0 Å². The van der Waals surface area contributed by atoms with Gasteiger partial charge in [0.2, 0.25) is 0 Å². The Morgan fingerprint density at radius 1 is 1.11 bits per heavy atom. The Bertz CT molecular complexity index is 87.2. The molecule has 0 spiro atoms. The monoisotopic (exact) mass is 146 g/mol. The molecular weight excluding hydrogens is 127 g/mol. The van der Waals surface area contributed by atoms with E-state index in [0.717, 1.165) is 0 Å². The van der Waals surface area contributed by atoms with E-state index in [1.807, 2.05) is 0 Å². The highest BCUT2D eigenvalue weighted by molar-refractivity contribution is 7.18. The lowest BCUT2D eigenvalue weighted by Crippen LogP contribution is -2.32. The maximum absolute atomic E-state index is 2.91. The van der Waals surface area contributed by atoms with Crippen molar-refractivity contribution in [3.8, 4) is 0 Å². The van der Waals surface area contributed by atoms with Gasteiger partial charge in [0.25, 0.3) is 0 Å². The third-order valence-corrected chi connectivity index (χ3v) is 3.41. The van der Waals surface area contributed by atoms with E-state index in [2.05, 4.69) is 43.9 Å². The minimum atomic E-state index is 0.363. The summed E-state index contributed by atoms with van der Waals surface area (Å²) in [7, 11) is 2.91. The SMILES string of the molecule is CCC(C)(C)C(C)(C)P. The van der Waals surface area contributed by atoms with Crippen molar-refractivity contribution >= 4 is 9.24 Å². The van der Waals surface area contributed by atoms with Gasteiger partial charge in [0.1, 0.15) is 0 Å². The zero-order valence-corrected chi connectivity index (χ0v) is 8.44. The van der Waals surface area contributed by atoms with E-state index in [1.165, 1.54) is 6.42 Å². The molecule has 0 nitrogen and oxygen atoms in total. The molecule has 0 fully saturated rings. The second-order valence-corrected chi connectivity index (χ2v) is 5.40. The fraction of sp³-hybridized carbons (Fsp3) is 1.00. The molecule has 0 bridgehead atoms. The molecule has 0 aromatic carbocycles. The third kappa shape index (κ3) is 2.26. The maximum atomic E-state index is 2.91. The van der Waals surface area contributed by atoms with Crippen molar-refractivity contribution in [3.63, 3.8) is 0 Å². The Balaban J connectivity index is 4.14. The summed E-state index contributed by atoms with van der Waals surface area (Å²) in [5.74, 6) is 0. The first-order chi connectivity index (χ1) is 3.81. The topological polar surface area (TPSA) is 0 Å². The molecule has 1 atom stereocenters. The second kappa shape index (κ2) is 2.58. The summed E-state index contributed by atoms with van der Waals surface area (Å²) in [4.78, 5) is 0. The lowest BCUT2D eigenvalue weighted by molar-refractivity contribution is 0.271. The van der Waals surface area contributed by atoms with Crippen LogP contribution < -0.4 is 0 Å². The van der Waals surface area contributed by atoms with Gasteiger partial charge in [-0.05, 0) is 10.6 Å². The van der Waals surface area contributed by atoms with Gasteiger partial charge in [0.15, 0.2) is 0 Å². The fourth-order valence-corrected chi connectivity index (χ4v) is 0.660. The molecule has 56 valence electrons. The molecule has 1 heteroatoms. The molecule has 0 aliphatic heterocycles. The summed E-state index contributed by atoms with van der Waals surface area (Å²) >= 11 is 0. The summed E-state index contributed by atoms with van der Waals surface area (Å²) < 4.78 is 0. The van der Waals surface area contributed by atoms with Gasteiger partial charge in [-0.1, -0.05) is 41.0 Å². The quantitative estimate of drug-likeness (QED) is 0.525. The Morgan fingerprint density at radius 2 is 1.44 bits per heavy atom. The van der Waals surface area contributed by atoms with E-state index in [1.54, 1.807) is 0 Å². The molecule has 0 radical (unpaired) electrons. The van der Waals surface area contributed by atoms with E-state index in [9.17, 15) is 0 Å². The first-order valence-electron chi connectivity index (χ1n) is 3.60. The molecule has 0 aliphatic carbocycles. The summed E-state index contributed by atoms with van der Waals surface area (Å²) in [6.45, 7) is 11.4. The molecule has 0 saturated heterocycles. The van der Waals surface area contributed by atoms with Gasteiger partial charge in [-0.2, -0.15) is 0 Å². The van der Waals surface area contributed by atoms with E-state index in [4.69, 9.17) is 0 Å². The Kier molecular flexibility index (Phi) is 2.70. The predicted octanol–water partition coefficient (Wildman–Crippen LogP) is 3.08. The van der Waals surface area contributed by atoms with Crippen LogP contribution in [0.15, 0.2) is 0 Å². The van der Waals surface area contributed by atoms with Crippen molar-refractivity contribution in [2.45, 2.75) is 46.2 Å². The molecule has 0 aliphatic rings. The third-order valence-electron chi connectivity index (χ3n) is 2.63. The van der Waals surface area contributed by atoms with Gasteiger partial charge in [-0.15, -0.1) is 9.24 Å². The molecule has 0 aromatic heterocycles. The minimum absolute atomic E-state index is 0.363. The smallest absolute Gasteiger partial charge is 0.0156 e. The highest BCUT2D eigenvalue weighted by Gasteiger charge is 2.30. The molecule has 0 rings (SSSR count). The van der Waals surface area contributed by atoms with Crippen LogP contribution in [0.25, 0.3) is 0 Å². The van der Waals surface area contributed by atoms with Crippen molar-refractivity contribution in [2.75, 3.05) is 0 Å². The second-order valence-electron chi connectivity index (χ2n) is 3.96. The molecular formula is C8H19P. The highest BCUT2D eigenvalue weighted by atomic mass is 31.0. The van der Waals surface area contributed by atoms with Crippen molar-refractivity contribution in [2.24, 2.45) is 5.41 Å². The van der Waals surface area contributed by atoms with Crippen LogP contribution in [0.3, 0.4) is 0 Å². The molecule has 0 amide bonds. The fourth-order valence-electron chi connectivity index (χ4n) is 0.456. The number of hydrogen-bond donors (Lipinski definition) is 0. The zero-order valence-electron chi connectivity index (χ0n) is 7.28. The van der Waals surface area contributed by atoms with Crippen LogP contribution in [0, 0.1) is 5.41 Å². The Hall–Kier alpha value is 0.430. The Labute approximate surface area is 61.6 Å². The van der Waals surface area contributed by atoms with Gasteiger partial charge < -0.3 is 0 Å². The van der Waals surface area contributed by atoms with E-state index in [0.29, 0.717) is 10.6 Å². The normalized spacial score (nSPS) is 14.0. The average molecular weight is 146 g/mol. The van der Waals surface area contributed by atoms with Gasteiger partial charge >= 0.3 is 0 Å². The van der Waals surface area contributed by atoms with E-state index >= 15 is 0 Å². The van der Waals surface area contributed by atoms with Crippen LogP contribution in [0.1, 0.15) is 41.0 Å². The lowest BCUT2D eigenvalue weighted by Gasteiger charge is -2.37. The number of hydrogen-bond acceptors (Lipinski definition) is 0. The highest BCUT2D eigenvalue weighted by Crippen LogP contribution is 2.40. The summed E-state index contributed by atoms with van der Waals surface area (Å²) in [5.41, 5.74) is 0.442. The largest absolute Gasteiger partial charge is 0.131 e. The van der Waals surface area contributed by atoms with Crippen LogP contribution in [-0.4, -0.2) is 5.16 Å². The molecule has 0 N–H and O–H groups in total. The Morgan fingerprint density at radius 3 is 1.44 bits per heavy atom. The first-order valence-corrected chi connectivity index (χ1v) is 4.18. The summed E-state index contributed by atoms with van der Waals surface area (Å²) in [5, 5.41) is 0.363. The molecule has 0 heterocycles. The van der Waals surface area contributed by atoms with Gasteiger partial charge in [0, 0.05) is 0 Å². The molecule has 0 aromatic rings. The van der Waals surface area contributed by atoms with Crippen LogP contribution in [0.4, 0.5) is 0 Å². The standard InChI is InChI=1S/C8H19P/c1-6-7(2,3)8(4,5)9/h6,9H2,1-5H3. The van der Waals surface area contributed by atoms with Gasteiger partial charge in [-0.25, -0.2) is 0 Å². The van der Waals surface area contributed by atoms with Crippen LogP contribution in [0.5, 0.6) is 0 Å². The maximum Gasteiger partial charge on any atom is -0.0156 e. The zero-order chi connectivity index (χ0) is 7.71. The van der Waals surface area contributed by atoms with E-state index < -0.39 is 0 Å². The summed E-state index contributed by atoms with van der Waals surface area (Å²) in [6, 6.07) is 0. The molecule has 0 saturated carbocycles. The predicted molar refractivity (Wildman–Crippen MR) is 47.9 cm³/mol. The molecule has 9 heavy (non-hydrogen) atoms. The minimum Gasteiger partial charge on any atom is -0.131 e. The number of rotatable bonds is 2. The van der Waals surface area contributed by atoms with Crippen molar-refractivity contribution in [3.05, 3.63) is 0 Å². The van der Waals surface area contributed by atoms with Crippen molar-refractivity contribution < 1.29 is 0 Å². The van der Waals surface area contributed by atoms with Crippen LogP contribution >= 0.6 is 9.24 Å². The van der Waals surface area contributed by atoms with Gasteiger partial charge in [0.05, 0.1) is 0 Å². The van der Waals surface area contributed by atoms with E-state index in [-0.39, 0.29) is 0 Å². The summed E-state index contributed by atoms with van der Waals surface area (Å²) in [6.07, 6.45) is 1.24. The van der Waals surface area contributed by atoms with Gasteiger partial charge in [-0.3, -0.25) is 0 Å². The lowest BCUT2D eigenvalue weighted by atomic mass is 9.78. The first kappa shape index (κ1) is 9.43. The van der Waals surface area contributed by atoms with Crippen molar-refractivity contribution in [1.82, 2.24) is 0 Å². The average Bonchev–Trinajstić information content (AvgIpc) is 1.64. The molecule has 1 unspecified atom stereocenters. The van der Waals surface area contributed by atoms with Crippen LogP contribution in [0.2, 0.25) is 0 Å².